The summed E-state index contributed by atoms with van der Waals surface area (Å²) in [5.41, 5.74) is 7.75. The summed E-state index contributed by atoms with van der Waals surface area (Å²) in [6, 6.07) is 9.84. The predicted octanol–water partition coefficient (Wildman–Crippen LogP) is 2.23. The fourth-order valence-electron chi connectivity index (χ4n) is 2.53. The van der Waals surface area contributed by atoms with Crippen molar-refractivity contribution in [3.63, 3.8) is 0 Å². The van der Waals surface area contributed by atoms with Gasteiger partial charge in [0.15, 0.2) is 0 Å². The van der Waals surface area contributed by atoms with Gasteiger partial charge in [0.2, 0.25) is 0 Å². The Morgan fingerprint density at radius 2 is 1.95 bits per heavy atom. The summed E-state index contributed by atoms with van der Waals surface area (Å²) in [7, 11) is 0. The molecular formula is C15H18N4. The number of hydrogen-bond acceptors (Lipinski definition) is 4. The summed E-state index contributed by atoms with van der Waals surface area (Å²) in [6.45, 7) is 0.795. The van der Waals surface area contributed by atoms with Crippen LogP contribution in [0.1, 0.15) is 30.7 Å². The van der Waals surface area contributed by atoms with Crippen LogP contribution < -0.4 is 11.1 Å². The van der Waals surface area contributed by atoms with E-state index in [4.69, 9.17) is 5.73 Å². The maximum Gasteiger partial charge on any atom is 0.148 e. The smallest absolute Gasteiger partial charge is 0.148 e. The fraction of sp³-hybridized carbons (Fsp3) is 0.333. The standard InChI is InChI=1S/C15H18N4/c16-13-5-1-4-12(10-13)11-19-15(6-2-7-15)14-17-8-3-9-18-14/h1,3-5,8-10,19H,2,6-7,11,16H2. The number of rotatable bonds is 4. The highest BCUT2D eigenvalue weighted by atomic mass is 15.1. The molecular weight excluding hydrogens is 236 g/mol. The zero-order valence-corrected chi connectivity index (χ0v) is 10.8. The van der Waals surface area contributed by atoms with Crippen LogP contribution in [0.2, 0.25) is 0 Å². The van der Waals surface area contributed by atoms with Crippen LogP contribution in [0, 0.1) is 0 Å². The third-order valence-electron chi connectivity index (χ3n) is 3.78. The lowest BCUT2D eigenvalue weighted by molar-refractivity contribution is 0.170. The van der Waals surface area contributed by atoms with Crippen LogP contribution in [0.4, 0.5) is 5.69 Å². The van der Waals surface area contributed by atoms with Gasteiger partial charge in [0.05, 0.1) is 5.54 Å². The summed E-state index contributed by atoms with van der Waals surface area (Å²) >= 11 is 0. The van der Waals surface area contributed by atoms with Crippen molar-refractivity contribution < 1.29 is 0 Å². The Kier molecular flexibility index (Phi) is 3.17. The molecule has 1 aliphatic carbocycles. The molecule has 3 N–H and O–H groups in total. The Bertz CT molecular complexity index is 549. The molecule has 1 fully saturated rings. The van der Waals surface area contributed by atoms with E-state index >= 15 is 0 Å². The van der Waals surface area contributed by atoms with E-state index in [1.54, 1.807) is 0 Å². The second-order valence-corrected chi connectivity index (χ2v) is 5.11. The molecule has 4 nitrogen and oxygen atoms in total. The van der Waals surface area contributed by atoms with Gasteiger partial charge in [0.25, 0.3) is 0 Å². The first-order valence-electron chi connectivity index (χ1n) is 6.65. The molecule has 1 aromatic carbocycles. The molecule has 0 saturated heterocycles. The molecule has 2 aromatic rings. The van der Waals surface area contributed by atoms with Gasteiger partial charge in [0, 0.05) is 24.6 Å². The highest BCUT2D eigenvalue weighted by Gasteiger charge is 2.40. The Balaban J connectivity index is 1.74. The van der Waals surface area contributed by atoms with Gasteiger partial charge >= 0.3 is 0 Å². The molecule has 19 heavy (non-hydrogen) atoms. The number of anilines is 1. The van der Waals surface area contributed by atoms with Crippen LogP contribution in [0.15, 0.2) is 42.7 Å². The molecule has 0 unspecified atom stereocenters. The topological polar surface area (TPSA) is 63.8 Å². The van der Waals surface area contributed by atoms with E-state index in [9.17, 15) is 0 Å². The van der Waals surface area contributed by atoms with E-state index in [2.05, 4.69) is 21.4 Å². The lowest BCUT2D eigenvalue weighted by atomic mass is 9.76. The SMILES string of the molecule is Nc1cccc(CNC2(c3ncccn3)CCC2)c1. The van der Waals surface area contributed by atoms with Crippen molar-refractivity contribution >= 4 is 5.69 Å². The van der Waals surface area contributed by atoms with Crippen molar-refractivity contribution in [2.24, 2.45) is 0 Å². The maximum atomic E-state index is 5.80. The number of nitrogens with zero attached hydrogens (tertiary/aromatic N) is 2. The van der Waals surface area contributed by atoms with Gasteiger partial charge < -0.3 is 11.1 Å². The van der Waals surface area contributed by atoms with Gasteiger partial charge in [0.1, 0.15) is 5.82 Å². The zero-order valence-electron chi connectivity index (χ0n) is 10.8. The van der Waals surface area contributed by atoms with Gasteiger partial charge in [-0.25, -0.2) is 9.97 Å². The van der Waals surface area contributed by atoms with Crippen LogP contribution in [-0.2, 0) is 12.1 Å². The first kappa shape index (κ1) is 12.1. The van der Waals surface area contributed by atoms with E-state index in [-0.39, 0.29) is 5.54 Å². The average molecular weight is 254 g/mol. The molecule has 0 amide bonds. The molecule has 1 aliphatic rings. The molecule has 0 aliphatic heterocycles. The third kappa shape index (κ3) is 2.44. The molecule has 1 aromatic heterocycles. The molecule has 0 atom stereocenters. The number of aromatic nitrogens is 2. The van der Waals surface area contributed by atoms with E-state index in [0.29, 0.717) is 0 Å². The van der Waals surface area contributed by atoms with Gasteiger partial charge in [-0.2, -0.15) is 0 Å². The van der Waals surface area contributed by atoms with Crippen LogP contribution in [0.3, 0.4) is 0 Å². The largest absolute Gasteiger partial charge is 0.399 e. The number of nitrogen functional groups attached to an aromatic ring is 1. The Labute approximate surface area is 113 Å². The van der Waals surface area contributed by atoms with E-state index in [1.807, 2.05) is 36.7 Å². The molecule has 4 heteroatoms. The van der Waals surface area contributed by atoms with Crippen LogP contribution in [0.25, 0.3) is 0 Å². The fourth-order valence-corrected chi connectivity index (χ4v) is 2.53. The van der Waals surface area contributed by atoms with Gasteiger partial charge in [-0.15, -0.1) is 0 Å². The summed E-state index contributed by atoms with van der Waals surface area (Å²) < 4.78 is 0. The number of nitrogens with two attached hydrogens (primary N) is 1. The Morgan fingerprint density at radius 1 is 1.16 bits per heavy atom. The molecule has 3 rings (SSSR count). The molecule has 98 valence electrons. The summed E-state index contributed by atoms with van der Waals surface area (Å²) in [5, 5.41) is 3.61. The minimum atomic E-state index is -0.0497. The highest BCUT2D eigenvalue weighted by Crippen LogP contribution is 2.39. The second-order valence-electron chi connectivity index (χ2n) is 5.11. The van der Waals surface area contributed by atoms with Crippen molar-refractivity contribution in [1.82, 2.24) is 15.3 Å². The predicted molar refractivity (Wildman–Crippen MR) is 75.3 cm³/mol. The quantitative estimate of drug-likeness (QED) is 0.821. The number of nitrogens with one attached hydrogen (secondary N) is 1. The first-order chi connectivity index (χ1) is 9.28. The molecule has 1 saturated carbocycles. The first-order valence-corrected chi connectivity index (χ1v) is 6.65. The number of hydrogen-bond donors (Lipinski definition) is 2. The van der Waals surface area contributed by atoms with Gasteiger partial charge in [-0.05, 0) is 43.0 Å². The van der Waals surface area contributed by atoms with E-state index in [1.165, 1.54) is 12.0 Å². The van der Waals surface area contributed by atoms with Crippen molar-refractivity contribution in [1.29, 1.82) is 0 Å². The lowest BCUT2D eigenvalue weighted by Crippen LogP contribution is -2.48. The van der Waals surface area contributed by atoms with Crippen molar-refractivity contribution in [3.8, 4) is 0 Å². The minimum Gasteiger partial charge on any atom is -0.399 e. The number of benzene rings is 1. The van der Waals surface area contributed by atoms with E-state index < -0.39 is 0 Å². The lowest BCUT2D eigenvalue weighted by Gasteiger charge is -2.41. The van der Waals surface area contributed by atoms with Crippen LogP contribution in [0.5, 0.6) is 0 Å². The maximum absolute atomic E-state index is 5.80. The minimum absolute atomic E-state index is 0.0497. The third-order valence-corrected chi connectivity index (χ3v) is 3.78. The van der Waals surface area contributed by atoms with Crippen molar-refractivity contribution in [2.75, 3.05) is 5.73 Å². The summed E-state index contributed by atoms with van der Waals surface area (Å²) in [5.74, 6) is 0.908. The molecule has 0 bridgehead atoms. The second kappa shape index (κ2) is 4.97. The molecule has 1 heterocycles. The normalized spacial score (nSPS) is 16.8. The van der Waals surface area contributed by atoms with Crippen LogP contribution in [-0.4, -0.2) is 9.97 Å². The van der Waals surface area contributed by atoms with E-state index in [0.717, 1.165) is 30.9 Å². The Morgan fingerprint density at radius 3 is 2.58 bits per heavy atom. The van der Waals surface area contributed by atoms with Gasteiger partial charge in [-0.3, -0.25) is 0 Å². The van der Waals surface area contributed by atoms with Crippen LogP contribution >= 0.6 is 0 Å². The molecule has 0 radical (unpaired) electrons. The summed E-state index contributed by atoms with van der Waals surface area (Å²) in [4.78, 5) is 8.81. The van der Waals surface area contributed by atoms with Crippen molar-refractivity contribution in [2.45, 2.75) is 31.3 Å². The zero-order chi connectivity index (χ0) is 13.1. The summed E-state index contributed by atoms with van der Waals surface area (Å²) in [6.07, 6.45) is 7.04. The Hall–Kier alpha value is -1.94. The van der Waals surface area contributed by atoms with Crippen molar-refractivity contribution in [3.05, 3.63) is 54.1 Å². The monoisotopic (exact) mass is 254 g/mol. The molecule has 0 spiro atoms. The average Bonchev–Trinajstić information content (AvgIpc) is 2.39. The van der Waals surface area contributed by atoms with Gasteiger partial charge in [-0.1, -0.05) is 12.1 Å². The highest BCUT2D eigenvalue weighted by molar-refractivity contribution is 5.40.